The Kier molecular flexibility index (Phi) is 3.71. The van der Waals surface area contributed by atoms with E-state index in [2.05, 4.69) is 11.4 Å². The highest BCUT2D eigenvalue weighted by Crippen LogP contribution is 2.24. The Hall–Kier alpha value is -2.18. The number of phenolic OH excluding ortho intramolecular Hbond substituents is 1. The van der Waals surface area contributed by atoms with Crippen molar-refractivity contribution in [2.75, 3.05) is 5.32 Å². The number of rotatable bonds is 3. The van der Waals surface area contributed by atoms with Gasteiger partial charge in [-0.25, -0.2) is 0 Å². The van der Waals surface area contributed by atoms with E-state index in [4.69, 9.17) is 16.9 Å². The molecule has 0 spiro atoms. The summed E-state index contributed by atoms with van der Waals surface area (Å²) in [6.45, 7) is 0.540. The highest BCUT2D eigenvalue weighted by Gasteiger charge is 2.02. The smallest absolute Gasteiger partial charge is 0.134 e. The van der Waals surface area contributed by atoms with Crippen molar-refractivity contribution in [2.45, 2.75) is 6.54 Å². The lowest BCUT2D eigenvalue weighted by Crippen LogP contribution is -2.00. The summed E-state index contributed by atoms with van der Waals surface area (Å²) in [6.07, 6.45) is 0. The van der Waals surface area contributed by atoms with Gasteiger partial charge in [0.25, 0.3) is 0 Å². The molecule has 0 bridgehead atoms. The number of anilines is 1. The standard InChI is InChI=1S/C14H11ClN2O/c15-12-7-10(5-6-14(12)18)9-17-13-4-2-1-3-11(13)8-16/h1-7,17-18H,9H2. The van der Waals surface area contributed by atoms with Gasteiger partial charge in [-0.1, -0.05) is 29.8 Å². The molecule has 2 N–H and O–H groups in total. The van der Waals surface area contributed by atoms with Crippen molar-refractivity contribution >= 4 is 17.3 Å². The molecule has 0 saturated carbocycles. The second-order valence-electron chi connectivity index (χ2n) is 3.80. The van der Waals surface area contributed by atoms with E-state index in [-0.39, 0.29) is 5.75 Å². The number of nitrogens with one attached hydrogen (secondary N) is 1. The van der Waals surface area contributed by atoms with Crippen LogP contribution in [-0.4, -0.2) is 5.11 Å². The van der Waals surface area contributed by atoms with Gasteiger partial charge in [0.05, 0.1) is 16.3 Å². The van der Waals surface area contributed by atoms with Crippen molar-refractivity contribution in [3.05, 3.63) is 58.6 Å². The molecule has 0 aliphatic rings. The Morgan fingerprint density at radius 3 is 2.72 bits per heavy atom. The van der Waals surface area contributed by atoms with Crippen LogP contribution in [0.4, 0.5) is 5.69 Å². The number of phenols is 1. The van der Waals surface area contributed by atoms with Crippen molar-refractivity contribution in [3.8, 4) is 11.8 Å². The zero-order valence-electron chi connectivity index (χ0n) is 9.52. The Morgan fingerprint density at radius 2 is 2.00 bits per heavy atom. The first kappa shape index (κ1) is 12.3. The lowest BCUT2D eigenvalue weighted by atomic mass is 10.1. The van der Waals surface area contributed by atoms with Gasteiger partial charge < -0.3 is 10.4 Å². The van der Waals surface area contributed by atoms with Crippen LogP contribution >= 0.6 is 11.6 Å². The van der Waals surface area contributed by atoms with E-state index in [9.17, 15) is 5.11 Å². The fraction of sp³-hybridized carbons (Fsp3) is 0.0714. The molecule has 0 saturated heterocycles. The summed E-state index contributed by atoms with van der Waals surface area (Å²) in [6, 6.07) is 14.4. The van der Waals surface area contributed by atoms with Gasteiger partial charge in [-0.15, -0.1) is 0 Å². The first-order valence-electron chi connectivity index (χ1n) is 5.41. The van der Waals surface area contributed by atoms with Gasteiger partial charge in [0, 0.05) is 6.54 Å². The molecular weight excluding hydrogens is 248 g/mol. The number of hydrogen-bond donors (Lipinski definition) is 2. The quantitative estimate of drug-likeness (QED) is 0.886. The van der Waals surface area contributed by atoms with E-state index in [1.54, 1.807) is 24.3 Å². The molecule has 0 fully saturated rings. The van der Waals surface area contributed by atoms with Gasteiger partial charge in [-0.05, 0) is 29.8 Å². The maximum Gasteiger partial charge on any atom is 0.134 e. The van der Waals surface area contributed by atoms with Crippen LogP contribution in [0.15, 0.2) is 42.5 Å². The van der Waals surface area contributed by atoms with E-state index < -0.39 is 0 Å². The largest absolute Gasteiger partial charge is 0.506 e. The average Bonchev–Trinajstić information content (AvgIpc) is 2.40. The second-order valence-corrected chi connectivity index (χ2v) is 4.20. The average molecular weight is 259 g/mol. The van der Waals surface area contributed by atoms with Crippen LogP contribution in [0, 0.1) is 11.3 Å². The molecule has 4 heteroatoms. The summed E-state index contributed by atoms with van der Waals surface area (Å²) >= 11 is 5.82. The van der Waals surface area contributed by atoms with Gasteiger partial charge in [-0.3, -0.25) is 0 Å². The fourth-order valence-electron chi connectivity index (χ4n) is 1.59. The predicted molar refractivity (Wildman–Crippen MR) is 71.6 cm³/mol. The molecule has 3 nitrogen and oxygen atoms in total. The van der Waals surface area contributed by atoms with E-state index in [1.807, 2.05) is 18.2 Å². The number of nitriles is 1. The van der Waals surface area contributed by atoms with Crippen molar-refractivity contribution in [3.63, 3.8) is 0 Å². The molecule has 18 heavy (non-hydrogen) atoms. The van der Waals surface area contributed by atoms with Crippen LogP contribution in [-0.2, 0) is 6.54 Å². The summed E-state index contributed by atoms with van der Waals surface area (Å²) in [5.41, 5.74) is 2.32. The summed E-state index contributed by atoms with van der Waals surface area (Å²) in [5.74, 6) is 0.0674. The molecule has 0 heterocycles. The highest BCUT2D eigenvalue weighted by molar-refractivity contribution is 6.32. The molecule has 0 unspecified atom stereocenters. The zero-order valence-corrected chi connectivity index (χ0v) is 10.3. The Morgan fingerprint density at radius 1 is 1.22 bits per heavy atom. The van der Waals surface area contributed by atoms with Crippen molar-refractivity contribution < 1.29 is 5.11 Å². The van der Waals surface area contributed by atoms with Gasteiger partial charge in [0.1, 0.15) is 11.8 Å². The number of benzene rings is 2. The number of aromatic hydroxyl groups is 1. The van der Waals surface area contributed by atoms with Crippen molar-refractivity contribution in [1.29, 1.82) is 5.26 Å². The van der Waals surface area contributed by atoms with Gasteiger partial charge in [-0.2, -0.15) is 5.26 Å². The van der Waals surface area contributed by atoms with E-state index in [0.717, 1.165) is 11.3 Å². The monoisotopic (exact) mass is 258 g/mol. The minimum absolute atomic E-state index is 0.0674. The first-order valence-corrected chi connectivity index (χ1v) is 5.79. The SMILES string of the molecule is N#Cc1ccccc1NCc1ccc(O)c(Cl)c1. The van der Waals surface area contributed by atoms with E-state index in [1.165, 1.54) is 0 Å². The van der Waals surface area contributed by atoms with Crippen LogP contribution in [0.5, 0.6) is 5.75 Å². The van der Waals surface area contributed by atoms with Crippen molar-refractivity contribution in [1.82, 2.24) is 0 Å². The van der Waals surface area contributed by atoms with Gasteiger partial charge in [0.2, 0.25) is 0 Å². The van der Waals surface area contributed by atoms with E-state index >= 15 is 0 Å². The maximum absolute atomic E-state index is 9.32. The first-order chi connectivity index (χ1) is 8.70. The third-order valence-corrected chi connectivity index (χ3v) is 2.85. The highest BCUT2D eigenvalue weighted by atomic mass is 35.5. The number of halogens is 1. The maximum atomic E-state index is 9.32. The summed E-state index contributed by atoms with van der Waals surface area (Å²) in [4.78, 5) is 0. The number of para-hydroxylation sites is 1. The zero-order chi connectivity index (χ0) is 13.0. The lowest BCUT2D eigenvalue weighted by Gasteiger charge is -2.08. The van der Waals surface area contributed by atoms with Crippen LogP contribution in [0.1, 0.15) is 11.1 Å². The Balaban J connectivity index is 2.12. The molecule has 2 aromatic carbocycles. The number of nitrogens with zero attached hydrogens (tertiary/aromatic N) is 1. The molecule has 0 aliphatic heterocycles. The predicted octanol–water partition coefficient (Wildman–Crippen LogP) is 3.53. The third kappa shape index (κ3) is 2.73. The number of hydrogen-bond acceptors (Lipinski definition) is 3. The summed E-state index contributed by atoms with van der Waals surface area (Å²) < 4.78 is 0. The summed E-state index contributed by atoms with van der Waals surface area (Å²) in [5, 5.41) is 21.8. The third-order valence-electron chi connectivity index (χ3n) is 2.54. The van der Waals surface area contributed by atoms with Gasteiger partial charge in [0.15, 0.2) is 0 Å². The van der Waals surface area contributed by atoms with Crippen LogP contribution < -0.4 is 5.32 Å². The van der Waals surface area contributed by atoms with E-state index in [0.29, 0.717) is 17.1 Å². The van der Waals surface area contributed by atoms with Crippen LogP contribution in [0.2, 0.25) is 5.02 Å². The normalized spacial score (nSPS) is 9.78. The molecule has 0 atom stereocenters. The molecule has 90 valence electrons. The Labute approximate surface area is 110 Å². The molecule has 2 rings (SSSR count). The van der Waals surface area contributed by atoms with Crippen molar-refractivity contribution in [2.24, 2.45) is 0 Å². The molecule has 0 radical (unpaired) electrons. The van der Waals surface area contributed by atoms with Crippen LogP contribution in [0.3, 0.4) is 0 Å². The molecule has 0 aliphatic carbocycles. The van der Waals surface area contributed by atoms with Gasteiger partial charge >= 0.3 is 0 Å². The second kappa shape index (κ2) is 5.44. The fourth-order valence-corrected chi connectivity index (χ4v) is 1.80. The molecule has 0 amide bonds. The lowest BCUT2D eigenvalue weighted by molar-refractivity contribution is 0.475. The molecule has 0 aromatic heterocycles. The van der Waals surface area contributed by atoms with Crippen LogP contribution in [0.25, 0.3) is 0 Å². The summed E-state index contributed by atoms with van der Waals surface area (Å²) in [7, 11) is 0. The Bertz CT molecular complexity index is 605. The minimum atomic E-state index is 0.0674. The topological polar surface area (TPSA) is 56.0 Å². The minimum Gasteiger partial charge on any atom is -0.506 e. The molecule has 2 aromatic rings. The molecular formula is C14H11ClN2O.